The number of pyridine rings is 4. The molecule has 0 spiro atoms. The molecule has 0 fully saturated rings. The first-order valence-corrected chi connectivity index (χ1v) is 19.4. The molecule has 0 N–H and O–H groups in total. The second-order valence-electron chi connectivity index (χ2n) is 14.1. The van der Waals surface area contributed by atoms with E-state index in [1.807, 2.05) is 115 Å². The molecule has 7 heterocycles. The second kappa shape index (κ2) is 14.8. The first-order chi connectivity index (χ1) is 29.7. The maximum absolute atomic E-state index is 6.37. The molecular formula is C50H31N9O. The van der Waals surface area contributed by atoms with Gasteiger partial charge in [0.2, 0.25) is 0 Å². The first kappa shape index (κ1) is 34.7. The van der Waals surface area contributed by atoms with Crippen LogP contribution in [0.2, 0.25) is 0 Å². The third-order valence-corrected chi connectivity index (χ3v) is 10.3. The maximum Gasteiger partial charge on any atom is 0.161 e. The summed E-state index contributed by atoms with van der Waals surface area (Å²) in [5.41, 5.74) is 10.4. The molecule has 0 bridgehead atoms. The predicted molar refractivity (Wildman–Crippen MR) is 234 cm³/mol. The number of hydrogen-bond acceptors (Lipinski definition) is 10. The molecule has 0 saturated carbocycles. The van der Waals surface area contributed by atoms with E-state index in [1.165, 1.54) is 0 Å². The number of rotatable bonds is 7. The fraction of sp³-hybridized carbons (Fsp3) is 0. The Morgan fingerprint density at radius 2 is 0.967 bits per heavy atom. The van der Waals surface area contributed by atoms with Gasteiger partial charge in [-0.15, -0.1) is 0 Å². The monoisotopic (exact) mass is 773 g/mol. The highest BCUT2D eigenvalue weighted by atomic mass is 16.5. The lowest BCUT2D eigenvalue weighted by Gasteiger charge is -2.33. The maximum atomic E-state index is 6.37. The van der Waals surface area contributed by atoms with Crippen molar-refractivity contribution in [1.29, 1.82) is 0 Å². The Balaban J connectivity index is 1.18. The molecule has 0 saturated heterocycles. The van der Waals surface area contributed by atoms with E-state index >= 15 is 0 Å². The number of fused-ring (bicyclic) bond motifs is 3. The van der Waals surface area contributed by atoms with Crippen LogP contribution in [-0.4, -0.2) is 39.9 Å². The van der Waals surface area contributed by atoms with Crippen molar-refractivity contribution in [2.75, 3.05) is 4.90 Å². The van der Waals surface area contributed by atoms with Crippen molar-refractivity contribution in [3.05, 3.63) is 189 Å². The average molecular weight is 774 g/mol. The third-order valence-electron chi connectivity index (χ3n) is 10.3. The van der Waals surface area contributed by atoms with Gasteiger partial charge in [0.15, 0.2) is 23.1 Å². The summed E-state index contributed by atoms with van der Waals surface area (Å²) in [5, 5.41) is 1.88. The lowest BCUT2D eigenvalue weighted by molar-refractivity contribution is 0.477. The van der Waals surface area contributed by atoms with Crippen LogP contribution in [0.5, 0.6) is 11.5 Å². The van der Waals surface area contributed by atoms with Crippen molar-refractivity contribution in [3.63, 3.8) is 0 Å². The molecular weight excluding hydrogens is 743 g/mol. The molecule has 0 atom stereocenters. The minimum Gasteiger partial charge on any atom is -0.453 e. The minimum absolute atomic E-state index is 0.511. The summed E-state index contributed by atoms with van der Waals surface area (Å²) in [7, 11) is 0. The van der Waals surface area contributed by atoms with Crippen molar-refractivity contribution < 1.29 is 4.74 Å². The van der Waals surface area contributed by atoms with Crippen LogP contribution in [0.3, 0.4) is 0 Å². The van der Waals surface area contributed by atoms with Gasteiger partial charge in [0, 0.05) is 65.1 Å². The van der Waals surface area contributed by atoms with Gasteiger partial charge < -0.3 is 9.64 Å². The second-order valence-corrected chi connectivity index (χ2v) is 14.1. The summed E-state index contributed by atoms with van der Waals surface area (Å²) >= 11 is 0. The van der Waals surface area contributed by atoms with Crippen LogP contribution in [0.4, 0.5) is 17.1 Å². The van der Waals surface area contributed by atoms with Gasteiger partial charge in [0.25, 0.3) is 0 Å². The lowest BCUT2D eigenvalue weighted by Crippen LogP contribution is -2.15. The zero-order valence-electron chi connectivity index (χ0n) is 31.8. The highest BCUT2D eigenvalue weighted by Gasteiger charge is 2.26. The molecule has 10 aromatic rings. The van der Waals surface area contributed by atoms with Crippen molar-refractivity contribution in [2.24, 2.45) is 0 Å². The quantitative estimate of drug-likeness (QED) is 0.155. The van der Waals surface area contributed by atoms with Crippen LogP contribution in [0.15, 0.2) is 189 Å². The number of ether oxygens (including phenoxy) is 1. The predicted octanol–water partition coefficient (Wildman–Crippen LogP) is 11.6. The van der Waals surface area contributed by atoms with E-state index in [-0.39, 0.29) is 0 Å². The van der Waals surface area contributed by atoms with Gasteiger partial charge in [0.1, 0.15) is 0 Å². The van der Waals surface area contributed by atoms with Gasteiger partial charge in [-0.1, -0.05) is 42.5 Å². The SMILES string of the molecule is c1ccc(-c2cc(-c3cccnc3)nc(-c3cc(-c4nc(-c5cccnc5)cc(-c5ccccn5)n4)c4cc(N5c6ccccc6Oc6ccccc65)ccc4c3)n2)nc1. The van der Waals surface area contributed by atoms with E-state index in [4.69, 9.17) is 24.7 Å². The fourth-order valence-electron chi connectivity index (χ4n) is 7.54. The number of anilines is 3. The highest BCUT2D eigenvalue weighted by molar-refractivity contribution is 6.02. The molecule has 0 amide bonds. The van der Waals surface area contributed by atoms with Crippen molar-refractivity contribution >= 4 is 27.8 Å². The van der Waals surface area contributed by atoms with Gasteiger partial charge in [-0.3, -0.25) is 19.9 Å². The van der Waals surface area contributed by atoms with Crippen LogP contribution in [-0.2, 0) is 0 Å². The molecule has 0 unspecified atom stereocenters. The molecule has 4 aromatic carbocycles. The summed E-state index contributed by atoms with van der Waals surface area (Å²) in [6, 6.07) is 50.1. The van der Waals surface area contributed by atoms with Gasteiger partial charge in [-0.05, 0) is 120 Å². The molecule has 10 nitrogen and oxygen atoms in total. The van der Waals surface area contributed by atoms with Crippen molar-refractivity contribution in [2.45, 2.75) is 0 Å². The molecule has 11 rings (SSSR count). The van der Waals surface area contributed by atoms with Gasteiger partial charge >= 0.3 is 0 Å². The van der Waals surface area contributed by atoms with Gasteiger partial charge in [0.05, 0.1) is 45.5 Å². The van der Waals surface area contributed by atoms with Crippen LogP contribution in [0, 0.1) is 0 Å². The normalized spacial score (nSPS) is 11.8. The molecule has 0 radical (unpaired) electrons. The number of para-hydroxylation sites is 4. The first-order valence-electron chi connectivity index (χ1n) is 19.4. The Morgan fingerprint density at radius 1 is 0.400 bits per heavy atom. The zero-order valence-corrected chi connectivity index (χ0v) is 31.8. The standard InChI is InChI=1S/C50H31N9O/c1-3-17-47-45(15-1)59(46-16-2-4-18-48(46)60-47)36-20-19-32-25-35(49-55-41(33-11-9-21-51-30-33)28-43(57-49)39-13-5-7-23-53-39)26-38(37(32)27-36)50-56-42(34-12-10-22-52-31-34)29-44(58-50)40-14-6-8-24-54-40/h1-31H. The Bertz CT molecular complexity index is 3030. The minimum atomic E-state index is 0.511. The van der Waals surface area contributed by atoms with Crippen molar-refractivity contribution in [1.82, 2.24) is 39.9 Å². The Hall–Kier alpha value is -8.50. The van der Waals surface area contributed by atoms with Crippen LogP contribution in [0.1, 0.15) is 0 Å². The van der Waals surface area contributed by atoms with Crippen LogP contribution in [0.25, 0.3) is 78.8 Å². The molecule has 10 heteroatoms. The highest BCUT2D eigenvalue weighted by Crippen LogP contribution is 2.51. The van der Waals surface area contributed by atoms with E-state index in [1.54, 1.807) is 31.0 Å². The summed E-state index contributed by atoms with van der Waals surface area (Å²) in [5.74, 6) is 2.58. The van der Waals surface area contributed by atoms with E-state index in [0.717, 1.165) is 78.7 Å². The summed E-state index contributed by atoms with van der Waals surface area (Å²) < 4.78 is 6.37. The average Bonchev–Trinajstić information content (AvgIpc) is 3.33. The molecule has 6 aromatic heterocycles. The Morgan fingerprint density at radius 3 is 1.55 bits per heavy atom. The lowest BCUT2D eigenvalue weighted by atomic mass is 9.97. The van der Waals surface area contributed by atoms with E-state index < -0.39 is 0 Å². The molecule has 0 aliphatic carbocycles. The topological polar surface area (TPSA) is 116 Å². The summed E-state index contributed by atoms with van der Waals surface area (Å²) in [6.45, 7) is 0. The van der Waals surface area contributed by atoms with Crippen LogP contribution < -0.4 is 9.64 Å². The third kappa shape index (κ3) is 6.44. The van der Waals surface area contributed by atoms with E-state index in [9.17, 15) is 0 Å². The molecule has 282 valence electrons. The Labute approximate surface area is 344 Å². The molecule has 1 aliphatic rings. The zero-order chi connectivity index (χ0) is 39.8. The van der Waals surface area contributed by atoms with E-state index in [0.29, 0.717) is 28.7 Å². The molecule has 60 heavy (non-hydrogen) atoms. The fourth-order valence-corrected chi connectivity index (χ4v) is 7.54. The number of hydrogen-bond donors (Lipinski definition) is 0. The number of aromatic nitrogens is 8. The summed E-state index contributed by atoms with van der Waals surface area (Å²) in [6.07, 6.45) is 10.7. The molecule has 1 aliphatic heterocycles. The smallest absolute Gasteiger partial charge is 0.161 e. The summed E-state index contributed by atoms with van der Waals surface area (Å²) in [4.78, 5) is 41.2. The Kier molecular flexibility index (Phi) is 8.55. The number of nitrogens with zero attached hydrogens (tertiary/aromatic N) is 9. The van der Waals surface area contributed by atoms with E-state index in [2.05, 4.69) is 67.3 Å². The van der Waals surface area contributed by atoms with Crippen LogP contribution >= 0.6 is 0 Å². The largest absolute Gasteiger partial charge is 0.453 e. The number of benzene rings is 4. The van der Waals surface area contributed by atoms with Gasteiger partial charge in [-0.2, -0.15) is 0 Å². The van der Waals surface area contributed by atoms with Crippen molar-refractivity contribution in [3.8, 4) is 79.6 Å². The van der Waals surface area contributed by atoms with Gasteiger partial charge in [-0.25, -0.2) is 19.9 Å².